The van der Waals surface area contributed by atoms with Crippen LogP contribution in [0.1, 0.15) is 74.2 Å². The molecule has 148 valence electrons. The summed E-state index contributed by atoms with van der Waals surface area (Å²) in [4.78, 5) is 14.7. The van der Waals surface area contributed by atoms with Gasteiger partial charge in [0.05, 0.1) is 12.7 Å². The van der Waals surface area contributed by atoms with E-state index in [2.05, 4.69) is 29.3 Å². The Labute approximate surface area is 163 Å². The molecule has 1 N–H and O–H groups in total. The zero-order valence-corrected chi connectivity index (χ0v) is 16.7. The van der Waals surface area contributed by atoms with E-state index in [-0.39, 0.29) is 5.91 Å². The standard InChI is InChI=1S/C23H34N2O2/c1-17-4-2-3-5-22(17)27-15-14-25(21-12-13-21)16-18-6-8-19(9-7-18)23(26)24-20-10-11-20/h6-9,17,20-22H,2-5,10-16H2,1H3,(H,24,26)/t17-,22+/m1/s1. The van der Waals surface area contributed by atoms with Crippen molar-refractivity contribution >= 4 is 5.91 Å². The maximum Gasteiger partial charge on any atom is 0.251 e. The van der Waals surface area contributed by atoms with E-state index in [0.29, 0.717) is 18.1 Å². The van der Waals surface area contributed by atoms with E-state index in [1.165, 1.54) is 44.1 Å². The second kappa shape index (κ2) is 8.74. The summed E-state index contributed by atoms with van der Waals surface area (Å²) in [5.74, 6) is 0.778. The molecule has 0 aliphatic heterocycles. The first-order valence-electron chi connectivity index (χ1n) is 10.9. The van der Waals surface area contributed by atoms with Crippen LogP contribution in [0.3, 0.4) is 0 Å². The first-order valence-corrected chi connectivity index (χ1v) is 10.9. The quantitative estimate of drug-likeness (QED) is 0.710. The number of hydrogen-bond acceptors (Lipinski definition) is 3. The number of rotatable bonds is 9. The number of carbonyl (C=O) groups is 1. The lowest BCUT2D eigenvalue weighted by Crippen LogP contribution is -2.33. The third-order valence-corrected chi connectivity index (χ3v) is 6.32. The third-order valence-electron chi connectivity index (χ3n) is 6.32. The summed E-state index contributed by atoms with van der Waals surface area (Å²) in [7, 11) is 0. The minimum Gasteiger partial charge on any atom is -0.377 e. The minimum atomic E-state index is 0.0677. The van der Waals surface area contributed by atoms with Crippen molar-refractivity contribution in [1.29, 1.82) is 0 Å². The van der Waals surface area contributed by atoms with Crippen molar-refractivity contribution in [3.05, 3.63) is 35.4 Å². The summed E-state index contributed by atoms with van der Waals surface area (Å²) >= 11 is 0. The zero-order valence-electron chi connectivity index (χ0n) is 16.7. The lowest BCUT2D eigenvalue weighted by molar-refractivity contribution is -0.0153. The van der Waals surface area contributed by atoms with Crippen LogP contribution in [0, 0.1) is 5.92 Å². The van der Waals surface area contributed by atoms with Gasteiger partial charge >= 0.3 is 0 Å². The lowest BCUT2D eigenvalue weighted by atomic mass is 9.88. The van der Waals surface area contributed by atoms with Crippen molar-refractivity contribution in [2.75, 3.05) is 13.2 Å². The molecule has 1 aromatic carbocycles. The molecule has 0 unspecified atom stereocenters. The molecule has 1 aromatic rings. The van der Waals surface area contributed by atoms with E-state index < -0.39 is 0 Å². The van der Waals surface area contributed by atoms with Gasteiger partial charge in [-0.15, -0.1) is 0 Å². The zero-order chi connectivity index (χ0) is 18.6. The van der Waals surface area contributed by atoms with E-state index in [1.54, 1.807) is 0 Å². The molecule has 3 fully saturated rings. The molecule has 27 heavy (non-hydrogen) atoms. The molecule has 4 nitrogen and oxygen atoms in total. The molecule has 0 bridgehead atoms. The fraction of sp³-hybridized carbons (Fsp3) is 0.696. The Kier molecular flexibility index (Phi) is 6.14. The van der Waals surface area contributed by atoms with Crippen molar-refractivity contribution < 1.29 is 9.53 Å². The van der Waals surface area contributed by atoms with Crippen LogP contribution in [0.15, 0.2) is 24.3 Å². The molecule has 4 rings (SSSR count). The minimum absolute atomic E-state index is 0.0677. The Balaban J connectivity index is 1.26. The Morgan fingerprint density at radius 2 is 1.81 bits per heavy atom. The Bertz CT molecular complexity index is 622. The normalized spacial score (nSPS) is 25.6. The number of ether oxygens (including phenoxy) is 1. The number of nitrogens with zero attached hydrogens (tertiary/aromatic N) is 1. The van der Waals surface area contributed by atoms with Crippen LogP contribution in [-0.2, 0) is 11.3 Å². The van der Waals surface area contributed by atoms with Crippen molar-refractivity contribution in [2.24, 2.45) is 5.92 Å². The first-order chi connectivity index (χ1) is 13.2. The van der Waals surface area contributed by atoms with Crippen LogP contribution in [-0.4, -0.2) is 42.1 Å². The van der Waals surface area contributed by atoms with Crippen LogP contribution >= 0.6 is 0 Å². The molecule has 0 saturated heterocycles. The highest BCUT2D eigenvalue weighted by molar-refractivity contribution is 5.94. The summed E-state index contributed by atoms with van der Waals surface area (Å²) < 4.78 is 6.24. The third kappa shape index (κ3) is 5.55. The van der Waals surface area contributed by atoms with Gasteiger partial charge in [-0.3, -0.25) is 9.69 Å². The smallest absolute Gasteiger partial charge is 0.251 e. The van der Waals surface area contributed by atoms with E-state index in [1.807, 2.05) is 12.1 Å². The second-order valence-electron chi connectivity index (χ2n) is 8.82. The average molecular weight is 371 g/mol. The van der Waals surface area contributed by atoms with Gasteiger partial charge in [-0.25, -0.2) is 0 Å². The van der Waals surface area contributed by atoms with Gasteiger partial charge in [0.25, 0.3) is 5.91 Å². The number of carbonyl (C=O) groups excluding carboxylic acids is 1. The molecule has 0 spiro atoms. The second-order valence-corrected chi connectivity index (χ2v) is 8.82. The maximum absolute atomic E-state index is 12.1. The summed E-state index contributed by atoms with van der Waals surface area (Å²) in [6, 6.07) is 9.30. The predicted molar refractivity (Wildman–Crippen MR) is 108 cm³/mol. The fourth-order valence-corrected chi connectivity index (χ4v) is 4.17. The van der Waals surface area contributed by atoms with Gasteiger partial charge in [0.1, 0.15) is 0 Å². The highest BCUT2D eigenvalue weighted by Gasteiger charge is 2.29. The molecule has 3 saturated carbocycles. The van der Waals surface area contributed by atoms with Crippen LogP contribution in [0.5, 0.6) is 0 Å². The Hall–Kier alpha value is -1.39. The SMILES string of the molecule is C[C@@H]1CCCC[C@@H]1OCCN(Cc1ccc(C(=O)NC2CC2)cc1)C1CC1. The number of amides is 1. The average Bonchev–Trinajstić information content (AvgIpc) is 3.57. The first kappa shape index (κ1) is 18.9. The summed E-state index contributed by atoms with van der Waals surface area (Å²) in [5.41, 5.74) is 2.06. The van der Waals surface area contributed by atoms with Gasteiger partial charge < -0.3 is 10.1 Å². The van der Waals surface area contributed by atoms with E-state index in [9.17, 15) is 4.79 Å². The summed E-state index contributed by atoms with van der Waals surface area (Å²) in [5, 5.41) is 3.06. The van der Waals surface area contributed by atoms with Gasteiger partial charge in [0, 0.05) is 30.7 Å². The van der Waals surface area contributed by atoms with E-state index in [4.69, 9.17) is 4.74 Å². The molecular formula is C23H34N2O2. The Morgan fingerprint density at radius 3 is 2.48 bits per heavy atom. The molecule has 3 aliphatic carbocycles. The number of hydrogen-bond donors (Lipinski definition) is 1. The van der Waals surface area contributed by atoms with Gasteiger partial charge in [0.15, 0.2) is 0 Å². The van der Waals surface area contributed by atoms with Gasteiger partial charge in [-0.05, 0) is 62.1 Å². The predicted octanol–water partition coefficient (Wildman–Crippen LogP) is 4.14. The monoisotopic (exact) mass is 370 g/mol. The van der Waals surface area contributed by atoms with E-state index >= 15 is 0 Å². The van der Waals surface area contributed by atoms with Gasteiger partial charge in [0.2, 0.25) is 0 Å². The molecular weight excluding hydrogens is 336 g/mol. The van der Waals surface area contributed by atoms with Crippen molar-refractivity contribution in [1.82, 2.24) is 10.2 Å². The van der Waals surface area contributed by atoms with Crippen LogP contribution < -0.4 is 5.32 Å². The molecule has 0 aromatic heterocycles. The molecule has 1 amide bonds. The Morgan fingerprint density at radius 1 is 1.07 bits per heavy atom. The molecule has 0 radical (unpaired) electrons. The maximum atomic E-state index is 12.1. The van der Waals surface area contributed by atoms with Crippen molar-refractivity contribution in [2.45, 2.75) is 83.0 Å². The van der Waals surface area contributed by atoms with Crippen molar-refractivity contribution in [3.8, 4) is 0 Å². The number of benzene rings is 1. The molecule has 2 atom stereocenters. The van der Waals surface area contributed by atoms with Crippen LogP contribution in [0.4, 0.5) is 0 Å². The topological polar surface area (TPSA) is 41.6 Å². The summed E-state index contributed by atoms with van der Waals surface area (Å²) in [6.07, 6.45) is 10.6. The largest absolute Gasteiger partial charge is 0.377 e. The molecule has 4 heteroatoms. The highest BCUT2D eigenvalue weighted by Crippen LogP contribution is 2.29. The molecule has 0 heterocycles. The lowest BCUT2D eigenvalue weighted by Gasteiger charge is -2.30. The van der Waals surface area contributed by atoms with Crippen molar-refractivity contribution in [3.63, 3.8) is 0 Å². The summed E-state index contributed by atoms with van der Waals surface area (Å²) in [6.45, 7) is 5.15. The number of nitrogens with one attached hydrogen (secondary N) is 1. The van der Waals surface area contributed by atoms with E-state index in [0.717, 1.165) is 44.1 Å². The fourth-order valence-electron chi connectivity index (χ4n) is 4.17. The van der Waals surface area contributed by atoms with Gasteiger partial charge in [-0.1, -0.05) is 31.9 Å². The van der Waals surface area contributed by atoms with Gasteiger partial charge in [-0.2, -0.15) is 0 Å². The highest BCUT2D eigenvalue weighted by atomic mass is 16.5. The van der Waals surface area contributed by atoms with Crippen LogP contribution in [0.2, 0.25) is 0 Å². The molecule has 3 aliphatic rings. The van der Waals surface area contributed by atoms with Crippen LogP contribution in [0.25, 0.3) is 0 Å².